The van der Waals surface area contributed by atoms with Crippen LogP contribution in [-0.4, -0.2) is 17.7 Å². The number of allylic oxidation sites excluding steroid dienone is 1. The first-order valence-electron chi connectivity index (χ1n) is 12.0. The SMILES string of the molecule is C=CC(=O)Cc1ccc(-c2ccc3cc(/C=C/C(=O)Oc4ccc(COC(=O)C=C)cc4)ccc3c2)cc1. The number of hydrogen-bond acceptors (Lipinski definition) is 5. The van der Waals surface area contributed by atoms with Gasteiger partial charge in [0, 0.05) is 18.6 Å². The highest BCUT2D eigenvalue weighted by atomic mass is 16.5. The number of ketones is 1. The molecule has 5 heteroatoms. The molecule has 0 fully saturated rings. The van der Waals surface area contributed by atoms with Crippen molar-refractivity contribution in [3.05, 3.63) is 133 Å². The van der Waals surface area contributed by atoms with Gasteiger partial charge >= 0.3 is 11.9 Å². The van der Waals surface area contributed by atoms with E-state index in [1.165, 1.54) is 12.2 Å². The quantitative estimate of drug-likeness (QED) is 0.138. The lowest BCUT2D eigenvalue weighted by Crippen LogP contribution is -2.04. The van der Waals surface area contributed by atoms with E-state index in [9.17, 15) is 14.4 Å². The Labute approximate surface area is 221 Å². The van der Waals surface area contributed by atoms with Crippen LogP contribution in [0.25, 0.3) is 28.0 Å². The van der Waals surface area contributed by atoms with E-state index in [0.29, 0.717) is 12.2 Å². The second kappa shape index (κ2) is 12.3. The van der Waals surface area contributed by atoms with Crippen LogP contribution in [0.4, 0.5) is 0 Å². The van der Waals surface area contributed by atoms with Crippen molar-refractivity contribution in [3.63, 3.8) is 0 Å². The van der Waals surface area contributed by atoms with Crippen molar-refractivity contribution < 1.29 is 23.9 Å². The summed E-state index contributed by atoms with van der Waals surface area (Å²) in [6.45, 7) is 6.99. The fourth-order valence-electron chi connectivity index (χ4n) is 3.82. The zero-order valence-electron chi connectivity index (χ0n) is 20.8. The molecule has 0 radical (unpaired) electrons. The van der Waals surface area contributed by atoms with Crippen molar-refractivity contribution >= 4 is 34.6 Å². The number of ether oxygens (including phenoxy) is 2. The molecule has 0 N–H and O–H groups in total. The number of hydrogen-bond donors (Lipinski definition) is 0. The topological polar surface area (TPSA) is 69.7 Å². The molecule has 0 atom stereocenters. The third-order valence-electron chi connectivity index (χ3n) is 5.86. The van der Waals surface area contributed by atoms with Crippen LogP contribution in [0, 0.1) is 0 Å². The van der Waals surface area contributed by atoms with Crippen molar-refractivity contribution in [2.75, 3.05) is 0 Å². The van der Waals surface area contributed by atoms with Crippen LogP contribution >= 0.6 is 0 Å². The minimum atomic E-state index is -0.496. The van der Waals surface area contributed by atoms with E-state index in [0.717, 1.165) is 44.7 Å². The molecular weight excluding hydrogens is 476 g/mol. The second-order valence-electron chi connectivity index (χ2n) is 8.58. The lowest BCUT2D eigenvalue weighted by Gasteiger charge is -2.07. The second-order valence-corrected chi connectivity index (χ2v) is 8.58. The van der Waals surface area contributed by atoms with Gasteiger partial charge in [-0.2, -0.15) is 0 Å². The molecule has 0 spiro atoms. The molecule has 0 saturated carbocycles. The van der Waals surface area contributed by atoms with Crippen molar-refractivity contribution in [1.82, 2.24) is 0 Å². The molecule has 0 unspecified atom stereocenters. The Morgan fingerprint density at radius 3 is 2.05 bits per heavy atom. The molecule has 0 saturated heterocycles. The predicted octanol–water partition coefficient (Wildman–Crippen LogP) is 6.65. The lowest BCUT2D eigenvalue weighted by atomic mass is 9.98. The van der Waals surface area contributed by atoms with E-state index in [4.69, 9.17) is 9.47 Å². The summed E-state index contributed by atoms with van der Waals surface area (Å²) in [5.74, 6) is -0.598. The molecule has 0 aromatic heterocycles. The monoisotopic (exact) mass is 502 g/mol. The highest BCUT2D eigenvalue weighted by molar-refractivity contribution is 5.92. The summed E-state index contributed by atoms with van der Waals surface area (Å²) in [7, 11) is 0. The van der Waals surface area contributed by atoms with Crippen LogP contribution < -0.4 is 4.74 Å². The van der Waals surface area contributed by atoms with Gasteiger partial charge in [0.15, 0.2) is 5.78 Å². The molecule has 5 nitrogen and oxygen atoms in total. The van der Waals surface area contributed by atoms with Gasteiger partial charge in [-0.25, -0.2) is 9.59 Å². The van der Waals surface area contributed by atoms with Gasteiger partial charge in [-0.1, -0.05) is 73.8 Å². The average Bonchev–Trinajstić information content (AvgIpc) is 2.95. The Hall–Kier alpha value is -5.03. The molecule has 0 aliphatic heterocycles. The maximum absolute atomic E-state index is 12.3. The average molecular weight is 503 g/mol. The minimum Gasteiger partial charge on any atom is -0.458 e. The zero-order valence-corrected chi connectivity index (χ0v) is 20.8. The molecule has 0 heterocycles. The van der Waals surface area contributed by atoms with E-state index in [1.807, 2.05) is 48.5 Å². The largest absolute Gasteiger partial charge is 0.458 e. The number of carbonyl (C=O) groups is 3. The summed E-state index contributed by atoms with van der Waals surface area (Å²) in [6, 6.07) is 26.9. The number of carbonyl (C=O) groups excluding carboxylic acids is 3. The van der Waals surface area contributed by atoms with Gasteiger partial charge in [0.1, 0.15) is 12.4 Å². The first kappa shape index (κ1) is 26.0. The molecule has 0 aliphatic rings. The standard InChI is InChI=1S/C33H26O5/c1-3-30(34)20-24-5-11-26(12-6-24)28-15-14-27-19-23(7-13-29(27)21-28)10-18-33(36)38-31-16-8-25(9-17-31)22-37-32(35)4-2/h3-19,21H,1-2,20,22H2/b18-10+. The predicted molar refractivity (Wildman–Crippen MR) is 149 cm³/mol. The number of fused-ring (bicyclic) bond motifs is 1. The van der Waals surface area contributed by atoms with Gasteiger partial charge in [0.25, 0.3) is 0 Å². The summed E-state index contributed by atoms with van der Waals surface area (Å²) < 4.78 is 10.3. The Bertz CT molecular complexity index is 1530. The van der Waals surface area contributed by atoms with Gasteiger partial charge < -0.3 is 9.47 Å². The van der Waals surface area contributed by atoms with E-state index in [-0.39, 0.29) is 12.4 Å². The van der Waals surface area contributed by atoms with Gasteiger partial charge in [-0.3, -0.25) is 4.79 Å². The molecule has 38 heavy (non-hydrogen) atoms. The maximum Gasteiger partial charge on any atom is 0.336 e. The fourth-order valence-corrected chi connectivity index (χ4v) is 3.82. The Morgan fingerprint density at radius 2 is 1.34 bits per heavy atom. The number of rotatable bonds is 10. The van der Waals surface area contributed by atoms with Gasteiger partial charge in [-0.05, 0) is 75.0 Å². The summed E-state index contributed by atoms with van der Waals surface area (Å²) in [6.07, 6.45) is 5.90. The molecular formula is C33H26O5. The molecule has 0 bridgehead atoms. The first-order chi connectivity index (χ1) is 18.4. The Morgan fingerprint density at radius 1 is 0.684 bits per heavy atom. The van der Waals surface area contributed by atoms with Crippen LogP contribution in [0.3, 0.4) is 0 Å². The van der Waals surface area contributed by atoms with Crippen molar-refractivity contribution in [3.8, 4) is 16.9 Å². The Kier molecular flexibility index (Phi) is 8.42. The summed E-state index contributed by atoms with van der Waals surface area (Å²) in [4.78, 5) is 35.0. The van der Waals surface area contributed by atoms with E-state index in [1.54, 1.807) is 30.3 Å². The zero-order chi connectivity index (χ0) is 26.9. The summed E-state index contributed by atoms with van der Waals surface area (Å²) in [5, 5.41) is 2.12. The van der Waals surface area contributed by atoms with Crippen molar-refractivity contribution in [2.45, 2.75) is 13.0 Å². The van der Waals surface area contributed by atoms with Crippen LogP contribution in [0.15, 0.2) is 116 Å². The van der Waals surface area contributed by atoms with Crippen LogP contribution in [0.1, 0.15) is 16.7 Å². The smallest absolute Gasteiger partial charge is 0.336 e. The van der Waals surface area contributed by atoms with Crippen LogP contribution in [-0.2, 0) is 32.1 Å². The number of benzene rings is 4. The molecule has 4 aromatic carbocycles. The molecule has 0 aliphatic carbocycles. The third kappa shape index (κ3) is 7.02. The van der Waals surface area contributed by atoms with Gasteiger partial charge in [-0.15, -0.1) is 0 Å². The van der Waals surface area contributed by atoms with Gasteiger partial charge in [0.2, 0.25) is 0 Å². The molecule has 0 amide bonds. The normalized spacial score (nSPS) is 10.7. The van der Waals surface area contributed by atoms with Gasteiger partial charge in [0.05, 0.1) is 0 Å². The molecule has 4 aromatic rings. The summed E-state index contributed by atoms with van der Waals surface area (Å²) in [5.41, 5.74) is 4.75. The minimum absolute atomic E-state index is 0.000857. The highest BCUT2D eigenvalue weighted by Gasteiger charge is 2.05. The summed E-state index contributed by atoms with van der Waals surface area (Å²) >= 11 is 0. The van der Waals surface area contributed by atoms with Crippen LogP contribution in [0.5, 0.6) is 5.75 Å². The van der Waals surface area contributed by atoms with Crippen LogP contribution in [0.2, 0.25) is 0 Å². The van der Waals surface area contributed by atoms with E-state index >= 15 is 0 Å². The third-order valence-corrected chi connectivity index (χ3v) is 5.86. The Balaban J connectivity index is 1.38. The van der Waals surface area contributed by atoms with Crippen molar-refractivity contribution in [2.24, 2.45) is 0 Å². The number of esters is 2. The van der Waals surface area contributed by atoms with E-state index in [2.05, 4.69) is 25.3 Å². The lowest BCUT2D eigenvalue weighted by molar-refractivity contribution is -0.139. The van der Waals surface area contributed by atoms with Crippen molar-refractivity contribution in [1.29, 1.82) is 0 Å². The highest BCUT2D eigenvalue weighted by Crippen LogP contribution is 2.26. The molecule has 188 valence electrons. The molecule has 4 rings (SSSR count). The maximum atomic E-state index is 12.3. The van der Waals surface area contributed by atoms with E-state index < -0.39 is 11.9 Å². The first-order valence-corrected chi connectivity index (χ1v) is 12.0. The fraction of sp³-hybridized carbons (Fsp3) is 0.0606.